The van der Waals surface area contributed by atoms with E-state index in [4.69, 9.17) is 11.6 Å². The molecule has 0 aliphatic carbocycles. The van der Waals surface area contributed by atoms with Gasteiger partial charge >= 0.3 is 0 Å². The van der Waals surface area contributed by atoms with Crippen molar-refractivity contribution in [2.75, 3.05) is 10.6 Å². The molecule has 0 radical (unpaired) electrons. The Hall–Kier alpha value is -4.63. The lowest BCUT2D eigenvalue weighted by atomic mass is 10.1. The van der Waals surface area contributed by atoms with Gasteiger partial charge in [0.2, 0.25) is 5.91 Å². The minimum atomic E-state index is -0.522. The summed E-state index contributed by atoms with van der Waals surface area (Å²) in [5, 5.41) is 10.5. The molecule has 0 aliphatic heterocycles. The zero-order valence-corrected chi connectivity index (χ0v) is 25.1. The highest BCUT2D eigenvalue weighted by Crippen LogP contribution is 2.37. The van der Waals surface area contributed by atoms with E-state index in [-0.39, 0.29) is 17.5 Å². The van der Waals surface area contributed by atoms with E-state index in [1.165, 1.54) is 23.1 Å². The van der Waals surface area contributed by atoms with Crippen molar-refractivity contribution in [2.45, 2.75) is 10.1 Å². The predicted molar refractivity (Wildman–Crippen MR) is 176 cm³/mol. The van der Waals surface area contributed by atoms with Gasteiger partial charge in [-0.25, -0.2) is 0 Å². The van der Waals surface area contributed by atoms with Gasteiger partial charge in [-0.15, -0.1) is 23.1 Å². The highest BCUT2D eigenvalue weighted by Gasteiger charge is 2.22. The third-order valence-corrected chi connectivity index (χ3v) is 8.51. The number of rotatable bonds is 10. The highest BCUT2D eigenvalue weighted by atomic mass is 35.5. The minimum absolute atomic E-state index is 0.123. The molecule has 0 saturated heterocycles. The maximum Gasteiger partial charge on any atom is 0.272 e. The molecule has 0 saturated carbocycles. The fourth-order valence-electron chi connectivity index (χ4n) is 4.05. The van der Waals surface area contributed by atoms with Gasteiger partial charge in [-0.3, -0.25) is 14.4 Å². The molecule has 1 heterocycles. The predicted octanol–water partition coefficient (Wildman–Crippen LogP) is 8.28. The van der Waals surface area contributed by atoms with Gasteiger partial charge in [0, 0.05) is 31.7 Å². The average molecular weight is 624 g/mol. The van der Waals surface area contributed by atoms with Crippen molar-refractivity contribution in [3.8, 4) is 0 Å². The molecule has 0 bridgehead atoms. The molecule has 3 N–H and O–H groups in total. The molecular weight excluding hydrogens is 598 g/mol. The van der Waals surface area contributed by atoms with Crippen LogP contribution in [-0.2, 0) is 9.59 Å². The molecule has 5 aromatic rings. The van der Waals surface area contributed by atoms with Gasteiger partial charge in [-0.1, -0.05) is 66.2 Å². The Labute approximate surface area is 262 Å². The smallest absolute Gasteiger partial charge is 0.272 e. The van der Waals surface area contributed by atoms with E-state index in [1.807, 2.05) is 66.0 Å². The molecule has 5 rings (SSSR count). The summed E-state index contributed by atoms with van der Waals surface area (Å²) in [5.74, 6) is -1.01. The highest BCUT2D eigenvalue weighted by molar-refractivity contribution is 8.00. The standard InChI is InChI=1S/C34H26ClN3O3S2/c35-25-13-15-26(16-14-25)37-34(41)31(23-8-3-1-4-9-23)43-28-19-17-27(18-20-28)36-33(40)30(22-29-12-7-21-42-29)38-32(39)24-10-5-2-6-11-24/h1-22,31H,(H,36,40)(H,37,41)(H,38,39)/b30-22-. The van der Waals surface area contributed by atoms with Crippen LogP contribution in [0, 0.1) is 0 Å². The van der Waals surface area contributed by atoms with E-state index in [2.05, 4.69) is 16.0 Å². The first-order valence-electron chi connectivity index (χ1n) is 13.3. The SMILES string of the molecule is O=C(Nc1ccc(SC(C(=O)Nc2ccc(Cl)cc2)c2ccccc2)cc1)/C(=C/c1cccs1)NC(=O)c1ccccc1. The van der Waals surface area contributed by atoms with Crippen LogP contribution in [-0.4, -0.2) is 17.7 Å². The largest absolute Gasteiger partial charge is 0.325 e. The lowest BCUT2D eigenvalue weighted by molar-refractivity contribution is -0.116. The lowest BCUT2D eigenvalue weighted by Crippen LogP contribution is -2.30. The van der Waals surface area contributed by atoms with E-state index >= 15 is 0 Å². The molecule has 0 fully saturated rings. The summed E-state index contributed by atoms with van der Waals surface area (Å²) in [5.41, 5.74) is 2.62. The molecular formula is C34H26ClN3O3S2. The number of thiophene rings is 1. The first-order chi connectivity index (χ1) is 20.9. The second-order valence-corrected chi connectivity index (χ2v) is 11.9. The molecule has 0 spiro atoms. The van der Waals surface area contributed by atoms with Gasteiger partial charge in [-0.2, -0.15) is 0 Å². The third-order valence-electron chi connectivity index (χ3n) is 6.18. The zero-order valence-electron chi connectivity index (χ0n) is 22.7. The average Bonchev–Trinajstić information content (AvgIpc) is 3.55. The van der Waals surface area contributed by atoms with E-state index in [0.29, 0.717) is 22.0 Å². The van der Waals surface area contributed by atoms with Gasteiger partial charge in [0.1, 0.15) is 10.9 Å². The number of amides is 3. The van der Waals surface area contributed by atoms with Crippen molar-refractivity contribution in [3.05, 3.63) is 153 Å². The maximum absolute atomic E-state index is 13.3. The summed E-state index contributed by atoms with van der Waals surface area (Å²) in [7, 11) is 0. The van der Waals surface area contributed by atoms with E-state index < -0.39 is 11.2 Å². The van der Waals surface area contributed by atoms with Gasteiger partial charge in [-0.05, 0) is 83.7 Å². The molecule has 9 heteroatoms. The number of carbonyl (C=O) groups excluding carboxylic acids is 3. The van der Waals surface area contributed by atoms with Gasteiger partial charge in [0.05, 0.1) is 0 Å². The van der Waals surface area contributed by atoms with Crippen LogP contribution in [0.4, 0.5) is 11.4 Å². The van der Waals surface area contributed by atoms with Crippen LogP contribution >= 0.6 is 34.7 Å². The molecule has 43 heavy (non-hydrogen) atoms. The Balaban J connectivity index is 1.30. The van der Waals surface area contributed by atoms with E-state index in [0.717, 1.165) is 15.3 Å². The summed E-state index contributed by atoms with van der Waals surface area (Å²) in [4.78, 5) is 41.1. The molecule has 1 unspecified atom stereocenters. The number of anilines is 2. The zero-order chi connectivity index (χ0) is 30.0. The number of benzene rings is 4. The fraction of sp³-hybridized carbons (Fsp3) is 0.0294. The molecule has 4 aromatic carbocycles. The number of hydrogen-bond acceptors (Lipinski definition) is 5. The second kappa shape index (κ2) is 14.5. The normalized spacial score (nSPS) is 11.8. The summed E-state index contributed by atoms with van der Waals surface area (Å²) >= 11 is 8.85. The number of thioether (sulfide) groups is 1. The van der Waals surface area contributed by atoms with E-state index in [1.54, 1.807) is 66.7 Å². The molecule has 3 amide bonds. The first kappa shape index (κ1) is 29.8. The lowest BCUT2D eigenvalue weighted by Gasteiger charge is -2.17. The molecule has 214 valence electrons. The Morgan fingerprint density at radius 1 is 0.721 bits per heavy atom. The quantitative estimate of drug-likeness (QED) is 0.108. The van der Waals surface area contributed by atoms with Crippen LogP contribution in [0.25, 0.3) is 6.08 Å². The Kier molecular flexibility index (Phi) is 10.1. The van der Waals surface area contributed by atoms with E-state index in [9.17, 15) is 14.4 Å². The number of hydrogen-bond donors (Lipinski definition) is 3. The van der Waals surface area contributed by atoms with Crippen molar-refractivity contribution >= 4 is 69.9 Å². The van der Waals surface area contributed by atoms with Crippen molar-refractivity contribution < 1.29 is 14.4 Å². The summed E-state index contributed by atoms with van der Waals surface area (Å²) < 4.78 is 0. The molecule has 6 nitrogen and oxygen atoms in total. The fourth-order valence-corrected chi connectivity index (χ4v) is 5.86. The molecule has 0 aliphatic rings. The van der Waals surface area contributed by atoms with Crippen molar-refractivity contribution in [1.29, 1.82) is 0 Å². The van der Waals surface area contributed by atoms with Crippen LogP contribution in [0.1, 0.15) is 26.0 Å². The van der Waals surface area contributed by atoms with Gasteiger partial charge in [0.25, 0.3) is 11.8 Å². The van der Waals surface area contributed by atoms with Crippen LogP contribution in [0.5, 0.6) is 0 Å². The van der Waals surface area contributed by atoms with Crippen molar-refractivity contribution in [1.82, 2.24) is 5.32 Å². The monoisotopic (exact) mass is 623 g/mol. The molecule has 1 aromatic heterocycles. The van der Waals surface area contributed by atoms with Crippen molar-refractivity contribution in [3.63, 3.8) is 0 Å². The van der Waals surface area contributed by atoms with Crippen LogP contribution in [0.3, 0.4) is 0 Å². The Morgan fingerprint density at radius 3 is 2.00 bits per heavy atom. The first-order valence-corrected chi connectivity index (χ1v) is 15.4. The maximum atomic E-state index is 13.3. The minimum Gasteiger partial charge on any atom is -0.325 e. The van der Waals surface area contributed by atoms with Gasteiger partial charge in [0.15, 0.2) is 0 Å². The topological polar surface area (TPSA) is 87.3 Å². The van der Waals surface area contributed by atoms with Gasteiger partial charge < -0.3 is 16.0 Å². The Morgan fingerprint density at radius 2 is 1.35 bits per heavy atom. The van der Waals surface area contributed by atoms with Crippen LogP contribution < -0.4 is 16.0 Å². The van der Waals surface area contributed by atoms with Crippen LogP contribution in [0.2, 0.25) is 5.02 Å². The number of nitrogens with one attached hydrogen (secondary N) is 3. The summed E-state index contributed by atoms with van der Waals surface area (Å²) in [6.45, 7) is 0. The summed E-state index contributed by atoms with van der Waals surface area (Å²) in [6, 6.07) is 36.2. The second-order valence-electron chi connectivity index (χ2n) is 9.28. The van der Waals surface area contributed by atoms with Crippen molar-refractivity contribution in [2.24, 2.45) is 0 Å². The summed E-state index contributed by atoms with van der Waals surface area (Å²) in [6.07, 6.45) is 1.65. The number of carbonyl (C=O) groups is 3. The Bertz CT molecular complexity index is 1710. The van der Waals surface area contributed by atoms with Crippen LogP contribution in [0.15, 0.2) is 137 Å². The molecule has 1 atom stereocenters. The number of halogens is 1. The third kappa shape index (κ3) is 8.45.